The number of primary sulfonamides is 1. The van der Waals surface area contributed by atoms with Crippen LogP contribution in [0.15, 0.2) is 45.9 Å². The van der Waals surface area contributed by atoms with Gasteiger partial charge in [0.05, 0.1) is 23.3 Å². The Hall–Kier alpha value is -2.65. The standard InChI is InChI=1S/C16H18N2O6S/c1-11-5-6-12(8-14(11)25(17,21)22)16(20)24-10-15(19)18(2)9-13-4-3-7-23-13/h3-8H,9-10H2,1-2H3,(H2,17,21,22). The van der Waals surface area contributed by atoms with Crippen molar-refractivity contribution < 1.29 is 27.2 Å². The fraction of sp³-hybridized carbons (Fsp3) is 0.250. The third-order valence-corrected chi connectivity index (χ3v) is 4.51. The summed E-state index contributed by atoms with van der Waals surface area (Å²) >= 11 is 0. The van der Waals surface area contributed by atoms with Crippen molar-refractivity contribution in [2.75, 3.05) is 13.7 Å². The molecule has 134 valence electrons. The van der Waals surface area contributed by atoms with Gasteiger partial charge in [-0.05, 0) is 36.8 Å². The molecule has 0 atom stereocenters. The number of carbonyl (C=O) groups excluding carboxylic acids is 2. The number of hydrogen-bond donors (Lipinski definition) is 1. The molecule has 2 rings (SSSR count). The van der Waals surface area contributed by atoms with Crippen molar-refractivity contribution in [3.63, 3.8) is 0 Å². The quantitative estimate of drug-likeness (QED) is 0.763. The number of furan rings is 1. The van der Waals surface area contributed by atoms with Crippen molar-refractivity contribution in [1.29, 1.82) is 0 Å². The van der Waals surface area contributed by atoms with Crippen molar-refractivity contribution in [3.05, 3.63) is 53.5 Å². The number of nitrogens with zero attached hydrogens (tertiary/aromatic N) is 1. The van der Waals surface area contributed by atoms with Gasteiger partial charge in [0.2, 0.25) is 10.0 Å². The van der Waals surface area contributed by atoms with E-state index >= 15 is 0 Å². The summed E-state index contributed by atoms with van der Waals surface area (Å²) < 4.78 is 33.1. The normalized spacial score (nSPS) is 11.2. The second-order valence-corrected chi connectivity index (χ2v) is 6.96. The van der Waals surface area contributed by atoms with Crippen LogP contribution in [0.4, 0.5) is 0 Å². The van der Waals surface area contributed by atoms with Crippen LogP contribution in [0.3, 0.4) is 0 Å². The van der Waals surface area contributed by atoms with E-state index in [0.717, 1.165) is 6.07 Å². The molecule has 1 heterocycles. The van der Waals surface area contributed by atoms with Gasteiger partial charge in [0, 0.05) is 7.05 Å². The maximum Gasteiger partial charge on any atom is 0.338 e. The molecule has 1 aromatic heterocycles. The van der Waals surface area contributed by atoms with Crippen LogP contribution in [0.5, 0.6) is 0 Å². The summed E-state index contributed by atoms with van der Waals surface area (Å²) in [7, 11) is -2.41. The first-order chi connectivity index (χ1) is 11.7. The Morgan fingerprint density at radius 2 is 2.00 bits per heavy atom. The maximum atomic E-state index is 12.0. The second-order valence-electron chi connectivity index (χ2n) is 5.43. The summed E-state index contributed by atoms with van der Waals surface area (Å²) in [5.41, 5.74) is 0.407. The molecule has 0 aliphatic carbocycles. The molecule has 0 saturated heterocycles. The van der Waals surface area contributed by atoms with E-state index in [1.165, 1.54) is 23.3 Å². The van der Waals surface area contributed by atoms with Crippen LogP contribution < -0.4 is 5.14 Å². The molecular formula is C16H18N2O6S. The van der Waals surface area contributed by atoms with E-state index in [1.54, 1.807) is 26.1 Å². The molecule has 0 bridgehead atoms. The lowest BCUT2D eigenvalue weighted by molar-refractivity contribution is -0.133. The zero-order valence-electron chi connectivity index (χ0n) is 13.8. The summed E-state index contributed by atoms with van der Waals surface area (Å²) in [6.45, 7) is 1.32. The zero-order chi connectivity index (χ0) is 18.6. The van der Waals surface area contributed by atoms with Gasteiger partial charge in [0.25, 0.3) is 5.91 Å². The molecular weight excluding hydrogens is 348 g/mol. The smallest absolute Gasteiger partial charge is 0.338 e. The fourth-order valence-corrected chi connectivity index (χ4v) is 2.89. The molecule has 0 radical (unpaired) electrons. The minimum Gasteiger partial charge on any atom is -0.467 e. The van der Waals surface area contributed by atoms with Gasteiger partial charge in [-0.25, -0.2) is 18.4 Å². The van der Waals surface area contributed by atoms with E-state index in [2.05, 4.69) is 0 Å². The number of benzene rings is 1. The zero-order valence-corrected chi connectivity index (χ0v) is 14.6. The van der Waals surface area contributed by atoms with E-state index in [9.17, 15) is 18.0 Å². The molecule has 0 unspecified atom stereocenters. The summed E-state index contributed by atoms with van der Waals surface area (Å²) in [6.07, 6.45) is 1.49. The minimum atomic E-state index is -3.96. The molecule has 0 fully saturated rings. The van der Waals surface area contributed by atoms with Crippen LogP contribution in [-0.4, -0.2) is 38.8 Å². The van der Waals surface area contributed by atoms with Crippen LogP contribution in [0.25, 0.3) is 0 Å². The first-order valence-electron chi connectivity index (χ1n) is 7.25. The lowest BCUT2D eigenvalue weighted by atomic mass is 10.1. The van der Waals surface area contributed by atoms with Gasteiger partial charge in [0.1, 0.15) is 5.76 Å². The predicted molar refractivity (Wildman–Crippen MR) is 88.0 cm³/mol. The highest BCUT2D eigenvalue weighted by molar-refractivity contribution is 7.89. The summed E-state index contributed by atoms with van der Waals surface area (Å²) in [6, 6.07) is 7.40. The van der Waals surface area contributed by atoms with Crippen LogP contribution in [-0.2, 0) is 26.1 Å². The number of amides is 1. The molecule has 0 saturated carbocycles. The Bertz CT molecular complexity index is 874. The average molecular weight is 366 g/mol. The highest BCUT2D eigenvalue weighted by atomic mass is 32.2. The minimum absolute atomic E-state index is 0.00360. The maximum absolute atomic E-state index is 12.0. The van der Waals surface area contributed by atoms with Gasteiger partial charge in [-0.1, -0.05) is 6.07 Å². The van der Waals surface area contributed by atoms with Gasteiger partial charge >= 0.3 is 5.97 Å². The number of nitrogens with two attached hydrogens (primary N) is 1. The van der Waals surface area contributed by atoms with Gasteiger partial charge < -0.3 is 14.1 Å². The van der Waals surface area contributed by atoms with E-state index in [-0.39, 0.29) is 17.0 Å². The Balaban J connectivity index is 1.99. The van der Waals surface area contributed by atoms with E-state index < -0.39 is 28.5 Å². The van der Waals surface area contributed by atoms with Crippen LogP contribution in [0.2, 0.25) is 0 Å². The lowest BCUT2D eigenvalue weighted by Gasteiger charge is -2.15. The Morgan fingerprint density at radius 1 is 1.28 bits per heavy atom. The molecule has 1 amide bonds. The van der Waals surface area contributed by atoms with Gasteiger partial charge in [-0.15, -0.1) is 0 Å². The molecule has 1 aromatic carbocycles. The molecule has 2 N–H and O–H groups in total. The number of esters is 1. The molecule has 0 aliphatic heterocycles. The van der Waals surface area contributed by atoms with Crippen LogP contribution >= 0.6 is 0 Å². The van der Waals surface area contributed by atoms with E-state index in [1.807, 2.05) is 0 Å². The second kappa shape index (κ2) is 7.49. The number of rotatable bonds is 6. The number of sulfonamides is 1. The van der Waals surface area contributed by atoms with Gasteiger partial charge in [0.15, 0.2) is 6.61 Å². The number of carbonyl (C=O) groups is 2. The SMILES string of the molecule is Cc1ccc(C(=O)OCC(=O)N(C)Cc2ccco2)cc1S(N)(=O)=O. The monoisotopic (exact) mass is 366 g/mol. The van der Waals surface area contributed by atoms with E-state index in [4.69, 9.17) is 14.3 Å². The number of likely N-dealkylation sites (N-methyl/N-ethyl adjacent to an activating group) is 1. The van der Waals surface area contributed by atoms with Crippen molar-refractivity contribution >= 4 is 21.9 Å². The van der Waals surface area contributed by atoms with Crippen LogP contribution in [0, 0.1) is 6.92 Å². The van der Waals surface area contributed by atoms with Crippen molar-refractivity contribution in [1.82, 2.24) is 4.90 Å². The van der Waals surface area contributed by atoms with Crippen LogP contribution in [0.1, 0.15) is 21.7 Å². The molecule has 25 heavy (non-hydrogen) atoms. The Morgan fingerprint density at radius 3 is 2.60 bits per heavy atom. The van der Waals surface area contributed by atoms with Crippen molar-refractivity contribution in [3.8, 4) is 0 Å². The highest BCUT2D eigenvalue weighted by Gasteiger charge is 2.18. The predicted octanol–water partition coefficient (Wildman–Crippen LogP) is 1.05. The fourth-order valence-electron chi connectivity index (χ4n) is 2.08. The molecule has 9 heteroatoms. The topological polar surface area (TPSA) is 120 Å². The molecule has 8 nitrogen and oxygen atoms in total. The van der Waals surface area contributed by atoms with Crippen molar-refractivity contribution in [2.45, 2.75) is 18.4 Å². The summed E-state index contributed by atoms with van der Waals surface area (Å²) in [5, 5.41) is 5.10. The largest absolute Gasteiger partial charge is 0.467 e. The highest BCUT2D eigenvalue weighted by Crippen LogP contribution is 2.16. The number of hydrogen-bond acceptors (Lipinski definition) is 6. The molecule has 0 aliphatic rings. The first kappa shape index (κ1) is 18.7. The Kier molecular flexibility index (Phi) is 5.60. The van der Waals surface area contributed by atoms with E-state index in [0.29, 0.717) is 11.3 Å². The number of ether oxygens (including phenoxy) is 1. The summed E-state index contributed by atoms with van der Waals surface area (Å²) in [4.78, 5) is 25.2. The molecule has 0 spiro atoms. The van der Waals surface area contributed by atoms with Gasteiger partial charge in [-0.2, -0.15) is 0 Å². The first-order valence-corrected chi connectivity index (χ1v) is 8.80. The lowest BCUT2D eigenvalue weighted by Crippen LogP contribution is -2.30. The number of aryl methyl sites for hydroxylation is 1. The molecule has 2 aromatic rings. The Labute approximate surface area is 145 Å². The van der Waals surface area contributed by atoms with Crippen molar-refractivity contribution in [2.24, 2.45) is 5.14 Å². The van der Waals surface area contributed by atoms with Gasteiger partial charge in [-0.3, -0.25) is 4.79 Å². The average Bonchev–Trinajstić information content (AvgIpc) is 3.04. The third-order valence-electron chi connectivity index (χ3n) is 3.46. The summed E-state index contributed by atoms with van der Waals surface area (Å²) in [5.74, 6) is -0.647. The third kappa shape index (κ3) is 4.91.